The van der Waals surface area contributed by atoms with Crippen molar-refractivity contribution in [3.63, 3.8) is 0 Å². The van der Waals surface area contributed by atoms with Crippen molar-refractivity contribution >= 4 is 38.3 Å². The molecule has 0 unspecified atom stereocenters. The zero-order chi connectivity index (χ0) is 20.5. The number of nitrogens with one attached hydrogen (secondary N) is 1. The minimum atomic E-state index is -0.0159. The van der Waals surface area contributed by atoms with E-state index in [0.717, 1.165) is 62.5 Å². The Hall–Kier alpha value is -2.70. The largest absolute Gasteiger partial charge is 0.353 e. The molecule has 2 aromatic heterocycles. The molecule has 0 bridgehead atoms. The number of piperazine rings is 1. The van der Waals surface area contributed by atoms with Crippen LogP contribution in [0.5, 0.6) is 0 Å². The number of aromatic amines is 1. The van der Waals surface area contributed by atoms with Gasteiger partial charge in [0.05, 0.1) is 4.70 Å². The number of benzene rings is 2. The Morgan fingerprint density at radius 3 is 2.70 bits per heavy atom. The maximum Gasteiger partial charge on any atom is 0.248 e. The predicted octanol–water partition coefficient (Wildman–Crippen LogP) is 4.06. The molecule has 1 saturated heterocycles. The van der Waals surface area contributed by atoms with Crippen LogP contribution in [0.3, 0.4) is 0 Å². The number of nitrogens with zero attached hydrogens (tertiary/aromatic N) is 3. The van der Waals surface area contributed by atoms with E-state index in [2.05, 4.69) is 64.2 Å². The second-order valence-corrected chi connectivity index (χ2v) is 8.78. The van der Waals surface area contributed by atoms with Crippen molar-refractivity contribution in [2.24, 2.45) is 0 Å². The van der Waals surface area contributed by atoms with Gasteiger partial charge in [0.15, 0.2) is 0 Å². The Kier molecular flexibility index (Phi) is 5.27. The van der Waals surface area contributed by atoms with Gasteiger partial charge in [0, 0.05) is 55.1 Å². The topological polar surface area (TPSA) is 52.2 Å². The highest BCUT2D eigenvalue weighted by molar-refractivity contribution is 7.13. The van der Waals surface area contributed by atoms with Crippen molar-refractivity contribution in [1.82, 2.24) is 14.3 Å². The van der Waals surface area contributed by atoms with E-state index in [-0.39, 0.29) is 5.56 Å². The maximum atomic E-state index is 11.8. The standard InChI is InChI=1S/C24H26N4OS/c1-2-18-16-23(29)25-21-8-7-17(15-20(18)21)9-10-27-11-13-28(14-12-27)24-19-5-3-4-6-22(19)30-26-24/h3-8,15-16H,2,9-14H2,1H3,(H,25,29). The maximum absolute atomic E-state index is 11.8. The Labute approximate surface area is 180 Å². The highest BCUT2D eigenvalue weighted by Gasteiger charge is 2.20. The van der Waals surface area contributed by atoms with E-state index in [1.165, 1.54) is 21.0 Å². The summed E-state index contributed by atoms with van der Waals surface area (Å²) in [6, 6.07) is 16.7. The first-order chi connectivity index (χ1) is 14.7. The molecule has 4 aromatic rings. The highest BCUT2D eigenvalue weighted by atomic mass is 32.1. The van der Waals surface area contributed by atoms with E-state index in [9.17, 15) is 4.79 Å². The zero-order valence-corrected chi connectivity index (χ0v) is 18.0. The summed E-state index contributed by atoms with van der Waals surface area (Å²) in [7, 11) is 0. The van der Waals surface area contributed by atoms with Crippen molar-refractivity contribution in [3.8, 4) is 0 Å². The van der Waals surface area contributed by atoms with Crippen molar-refractivity contribution in [1.29, 1.82) is 0 Å². The van der Waals surface area contributed by atoms with E-state index >= 15 is 0 Å². The van der Waals surface area contributed by atoms with Crippen LogP contribution in [0, 0.1) is 0 Å². The lowest BCUT2D eigenvalue weighted by Gasteiger charge is -2.35. The summed E-state index contributed by atoms with van der Waals surface area (Å²) in [6.45, 7) is 7.33. The highest BCUT2D eigenvalue weighted by Crippen LogP contribution is 2.29. The molecule has 2 aromatic carbocycles. The lowest BCUT2D eigenvalue weighted by molar-refractivity contribution is 0.261. The molecule has 1 N–H and O–H groups in total. The molecule has 3 heterocycles. The van der Waals surface area contributed by atoms with E-state index in [1.807, 2.05) is 0 Å². The number of rotatable bonds is 5. The summed E-state index contributed by atoms with van der Waals surface area (Å²) in [4.78, 5) is 19.7. The van der Waals surface area contributed by atoms with Gasteiger partial charge in [-0.2, -0.15) is 4.37 Å². The smallest absolute Gasteiger partial charge is 0.248 e. The average Bonchev–Trinajstić information content (AvgIpc) is 3.21. The first-order valence-corrected chi connectivity index (χ1v) is 11.4. The van der Waals surface area contributed by atoms with Gasteiger partial charge < -0.3 is 9.88 Å². The molecule has 1 fully saturated rings. The quantitative estimate of drug-likeness (QED) is 0.531. The van der Waals surface area contributed by atoms with Crippen LogP contribution in [0.25, 0.3) is 21.0 Å². The van der Waals surface area contributed by atoms with Crippen LogP contribution < -0.4 is 10.5 Å². The minimum Gasteiger partial charge on any atom is -0.353 e. The number of H-pyrrole nitrogens is 1. The molecule has 154 valence electrons. The summed E-state index contributed by atoms with van der Waals surface area (Å²) in [5, 5.41) is 2.45. The molecule has 5 nitrogen and oxygen atoms in total. The van der Waals surface area contributed by atoms with E-state index in [0.29, 0.717) is 0 Å². The SMILES string of the molecule is CCc1cc(=O)[nH]c2ccc(CCN3CCN(c4nsc5ccccc45)CC3)cc12. The molecule has 0 radical (unpaired) electrons. The zero-order valence-electron chi connectivity index (χ0n) is 17.2. The molecule has 0 spiro atoms. The van der Waals surface area contributed by atoms with Crippen LogP contribution in [-0.2, 0) is 12.8 Å². The van der Waals surface area contributed by atoms with Gasteiger partial charge in [-0.15, -0.1) is 0 Å². The second-order valence-electron chi connectivity index (χ2n) is 7.97. The summed E-state index contributed by atoms with van der Waals surface area (Å²) < 4.78 is 5.98. The fourth-order valence-corrected chi connectivity index (χ4v) is 5.19. The van der Waals surface area contributed by atoms with Gasteiger partial charge >= 0.3 is 0 Å². The average molecular weight is 419 g/mol. The number of pyridine rings is 1. The molecular formula is C24H26N4OS. The summed E-state index contributed by atoms with van der Waals surface area (Å²) in [5.41, 5.74) is 3.38. The first-order valence-electron chi connectivity index (χ1n) is 10.7. The van der Waals surface area contributed by atoms with Gasteiger partial charge in [-0.05, 0) is 59.8 Å². The number of hydrogen-bond donors (Lipinski definition) is 1. The number of anilines is 1. The fraction of sp³-hybridized carbons (Fsp3) is 0.333. The van der Waals surface area contributed by atoms with Crippen LogP contribution in [0.1, 0.15) is 18.1 Å². The van der Waals surface area contributed by atoms with Crippen LogP contribution in [-0.4, -0.2) is 47.0 Å². The normalized spacial score (nSPS) is 15.3. The molecular weight excluding hydrogens is 392 g/mol. The second kappa shape index (κ2) is 8.20. The van der Waals surface area contributed by atoms with Gasteiger partial charge in [-0.3, -0.25) is 9.69 Å². The minimum absolute atomic E-state index is 0.0159. The van der Waals surface area contributed by atoms with Gasteiger partial charge in [-0.25, -0.2) is 0 Å². The molecule has 30 heavy (non-hydrogen) atoms. The third-order valence-electron chi connectivity index (χ3n) is 6.12. The third-order valence-corrected chi connectivity index (χ3v) is 6.94. The van der Waals surface area contributed by atoms with Gasteiger partial charge in [0.25, 0.3) is 0 Å². The molecule has 0 saturated carbocycles. The molecule has 6 heteroatoms. The number of aromatic nitrogens is 2. The van der Waals surface area contributed by atoms with E-state index < -0.39 is 0 Å². The third kappa shape index (κ3) is 3.73. The first kappa shape index (κ1) is 19.3. The number of hydrogen-bond acceptors (Lipinski definition) is 5. The molecule has 0 atom stereocenters. The number of aryl methyl sites for hydroxylation is 1. The van der Waals surface area contributed by atoms with Crippen LogP contribution >= 0.6 is 11.5 Å². The molecule has 5 rings (SSSR count). The fourth-order valence-electron chi connectivity index (χ4n) is 4.39. The van der Waals surface area contributed by atoms with Crippen molar-refractivity contribution in [3.05, 3.63) is 70.0 Å². The Morgan fingerprint density at radius 1 is 1.03 bits per heavy atom. The predicted molar refractivity (Wildman–Crippen MR) is 126 cm³/mol. The summed E-state index contributed by atoms with van der Waals surface area (Å²) in [5.74, 6) is 1.14. The lowest BCUT2D eigenvalue weighted by atomic mass is 10.0. The Morgan fingerprint density at radius 2 is 1.87 bits per heavy atom. The number of fused-ring (bicyclic) bond motifs is 2. The van der Waals surface area contributed by atoms with Crippen molar-refractivity contribution in [2.75, 3.05) is 37.6 Å². The lowest BCUT2D eigenvalue weighted by Crippen LogP contribution is -2.47. The van der Waals surface area contributed by atoms with Gasteiger partial charge in [-0.1, -0.05) is 25.1 Å². The van der Waals surface area contributed by atoms with Crippen LogP contribution in [0.15, 0.2) is 53.3 Å². The van der Waals surface area contributed by atoms with Crippen LogP contribution in [0.2, 0.25) is 0 Å². The summed E-state index contributed by atoms with van der Waals surface area (Å²) in [6.07, 6.45) is 1.90. The monoisotopic (exact) mass is 418 g/mol. The van der Waals surface area contributed by atoms with Crippen molar-refractivity contribution in [2.45, 2.75) is 19.8 Å². The molecule has 1 aliphatic rings. The van der Waals surface area contributed by atoms with Gasteiger partial charge in [0.1, 0.15) is 5.82 Å². The van der Waals surface area contributed by atoms with Gasteiger partial charge in [0.2, 0.25) is 5.56 Å². The van der Waals surface area contributed by atoms with Crippen LogP contribution in [0.4, 0.5) is 5.82 Å². The molecule has 0 aliphatic carbocycles. The van der Waals surface area contributed by atoms with E-state index in [4.69, 9.17) is 4.37 Å². The molecule has 0 amide bonds. The summed E-state index contributed by atoms with van der Waals surface area (Å²) >= 11 is 1.59. The van der Waals surface area contributed by atoms with E-state index in [1.54, 1.807) is 17.6 Å². The Balaban J connectivity index is 1.23. The molecule has 1 aliphatic heterocycles. The Bertz CT molecular complexity index is 1240. The van der Waals surface area contributed by atoms with Crippen molar-refractivity contribution < 1.29 is 0 Å².